The molecule has 0 aromatic heterocycles. The monoisotopic (exact) mass is 669 g/mol. The first kappa shape index (κ1) is 51.5. The number of rotatable bonds is 32. The number of aliphatic hydroxyl groups excluding tert-OH is 4. The molecule has 0 radical (unpaired) electrons. The molecule has 46 heavy (non-hydrogen) atoms. The maximum absolute atomic E-state index is 11.5. The fourth-order valence-corrected chi connectivity index (χ4v) is 4.44. The van der Waals surface area contributed by atoms with Crippen LogP contribution < -0.4 is 0 Å². The van der Waals surface area contributed by atoms with Crippen LogP contribution in [0.2, 0.25) is 0 Å². The summed E-state index contributed by atoms with van der Waals surface area (Å²) in [7, 11) is 3.36. The summed E-state index contributed by atoms with van der Waals surface area (Å²) < 4.78 is 20.3. The molecule has 4 N–H and O–H groups in total. The van der Waals surface area contributed by atoms with Crippen LogP contribution in [-0.2, 0) is 28.5 Å². The highest BCUT2D eigenvalue weighted by atomic mass is 16.6. The number of ether oxygens (including phenoxy) is 4. The number of carbonyl (C=O) groups excluding carboxylic acids is 2. The standard InChI is InChI=1S/C20H38O6.C14H30O2.2CH4O/c1-24-19(22)13-9-10-14-20(23)26-18-17-25-16-12-8-6-4-2-3-5-7-11-15-21;1-2-3-4-5-6-7-8-9-10-11-13-16-14-12-15;2*1-2/h21H,2-18H2,1H3;15H,2-14H2,1H3;2*2H,1H3. The number of unbranched alkanes of at least 4 members (excludes halogenated alkanes) is 18. The van der Waals surface area contributed by atoms with Crippen LogP contribution in [0.4, 0.5) is 0 Å². The van der Waals surface area contributed by atoms with Crippen molar-refractivity contribution >= 4 is 11.9 Å². The van der Waals surface area contributed by atoms with Gasteiger partial charge in [0.15, 0.2) is 0 Å². The van der Waals surface area contributed by atoms with Crippen molar-refractivity contribution in [2.24, 2.45) is 0 Å². The van der Waals surface area contributed by atoms with E-state index in [1.165, 1.54) is 103 Å². The molecule has 0 aliphatic carbocycles. The Balaban J connectivity index is -0.000000377. The highest BCUT2D eigenvalue weighted by Gasteiger charge is 2.05. The molecule has 0 fully saturated rings. The molecule has 0 aromatic carbocycles. The molecule has 0 rings (SSSR count). The van der Waals surface area contributed by atoms with E-state index in [9.17, 15) is 9.59 Å². The van der Waals surface area contributed by atoms with Crippen molar-refractivity contribution in [2.45, 2.75) is 155 Å². The minimum Gasteiger partial charge on any atom is -0.469 e. The van der Waals surface area contributed by atoms with Gasteiger partial charge in [0, 0.05) is 46.9 Å². The van der Waals surface area contributed by atoms with Gasteiger partial charge in [-0.05, 0) is 32.1 Å². The molecular weight excluding hydrogens is 592 g/mol. The Labute approximate surface area is 282 Å². The van der Waals surface area contributed by atoms with E-state index in [1.54, 1.807) is 0 Å². The van der Waals surface area contributed by atoms with Crippen molar-refractivity contribution in [2.75, 3.05) is 67.6 Å². The lowest BCUT2D eigenvalue weighted by molar-refractivity contribution is -0.146. The van der Waals surface area contributed by atoms with E-state index in [0.29, 0.717) is 58.7 Å². The van der Waals surface area contributed by atoms with Crippen LogP contribution in [0.1, 0.15) is 155 Å². The Morgan fingerprint density at radius 3 is 1.24 bits per heavy atom. The first-order valence-electron chi connectivity index (χ1n) is 18.1. The summed E-state index contributed by atoms with van der Waals surface area (Å²) in [5.74, 6) is -0.484. The summed E-state index contributed by atoms with van der Waals surface area (Å²) >= 11 is 0. The van der Waals surface area contributed by atoms with Gasteiger partial charge in [-0.15, -0.1) is 0 Å². The maximum atomic E-state index is 11.5. The molecule has 10 heteroatoms. The zero-order chi connectivity index (χ0) is 35.2. The number of aliphatic hydroxyl groups is 4. The van der Waals surface area contributed by atoms with Gasteiger partial charge in [-0.1, -0.05) is 110 Å². The highest BCUT2D eigenvalue weighted by molar-refractivity contribution is 5.70. The predicted molar refractivity (Wildman–Crippen MR) is 187 cm³/mol. The molecule has 0 atom stereocenters. The van der Waals surface area contributed by atoms with Gasteiger partial charge >= 0.3 is 11.9 Å². The van der Waals surface area contributed by atoms with Crippen LogP contribution in [0.3, 0.4) is 0 Å². The van der Waals surface area contributed by atoms with E-state index >= 15 is 0 Å². The van der Waals surface area contributed by atoms with E-state index in [4.69, 9.17) is 34.6 Å². The molecule has 0 aliphatic heterocycles. The third-order valence-electron chi connectivity index (χ3n) is 7.05. The SMILES string of the molecule is CCCCCCCCCCCCOCCO.CO.CO.COC(=O)CCCCC(=O)OCCOCCCCCCCCCCCO. The lowest BCUT2D eigenvalue weighted by atomic mass is 10.1. The molecular formula is C36H76O10. The number of esters is 2. The quantitative estimate of drug-likeness (QED) is 0.0439. The Kier molecular flexibility index (Phi) is 59.6. The van der Waals surface area contributed by atoms with Gasteiger partial charge in [0.2, 0.25) is 0 Å². The van der Waals surface area contributed by atoms with E-state index in [1.807, 2.05) is 0 Å². The summed E-state index contributed by atoms with van der Waals surface area (Å²) in [6, 6.07) is 0. The summed E-state index contributed by atoms with van der Waals surface area (Å²) in [4.78, 5) is 22.4. The molecule has 0 saturated heterocycles. The van der Waals surface area contributed by atoms with Gasteiger partial charge in [0.05, 0.1) is 26.9 Å². The zero-order valence-corrected chi connectivity index (χ0v) is 30.5. The molecule has 0 amide bonds. The minimum atomic E-state index is -0.246. The van der Waals surface area contributed by atoms with E-state index < -0.39 is 0 Å². The Bertz CT molecular complexity index is 521. The molecule has 0 saturated carbocycles. The second-order valence-corrected chi connectivity index (χ2v) is 11.0. The highest BCUT2D eigenvalue weighted by Crippen LogP contribution is 2.11. The fraction of sp³-hybridized carbons (Fsp3) is 0.944. The van der Waals surface area contributed by atoms with Crippen molar-refractivity contribution < 1.29 is 49.0 Å². The van der Waals surface area contributed by atoms with Crippen molar-refractivity contribution in [3.63, 3.8) is 0 Å². The van der Waals surface area contributed by atoms with Crippen LogP contribution in [0.15, 0.2) is 0 Å². The van der Waals surface area contributed by atoms with E-state index in [-0.39, 0.29) is 18.5 Å². The van der Waals surface area contributed by atoms with Gasteiger partial charge in [-0.25, -0.2) is 0 Å². The second-order valence-electron chi connectivity index (χ2n) is 11.0. The number of hydrogen-bond acceptors (Lipinski definition) is 10. The smallest absolute Gasteiger partial charge is 0.305 e. The Morgan fingerprint density at radius 2 is 0.826 bits per heavy atom. The fourth-order valence-electron chi connectivity index (χ4n) is 4.44. The Hall–Kier alpha value is -1.30. The molecule has 0 heterocycles. The lowest BCUT2D eigenvalue weighted by Crippen LogP contribution is -2.11. The van der Waals surface area contributed by atoms with Gasteiger partial charge in [0.1, 0.15) is 6.61 Å². The van der Waals surface area contributed by atoms with Gasteiger partial charge in [-0.2, -0.15) is 0 Å². The number of methoxy groups -OCH3 is 1. The number of hydrogen-bond donors (Lipinski definition) is 4. The third-order valence-corrected chi connectivity index (χ3v) is 7.05. The van der Waals surface area contributed by atoms with Crippen LogP contribution in [-0.4, -0.2) is 99.9 Å². The van der Waals surface area contributed by atoms with Gasteiger partial charge in [0.25, 0.3) is 0 Å². The van der Waals surface area contributed by atoms with Gasteiger partial charge < -0.3 is 39.4 Å². The van der Waals surface area contributed by atoms with Gasteiger partial charge in [-0.3, -0.25) is 9.59 Å². The largest absolute Gasteiger partial charge is 0.469 e. The summed E-state index contributed by atoms with van der Waals surface area (Å²) in [5.41, 5.74) is 0. The molecule has 0 spiro atoms. The summed E-state index contributed by atoms with van der Waals surface area (Å²) in [6.07, 6.45) is 26.1. The third kappa shape index (κ3) is 55.1. The van der Waals surface area contributed by atoms with Crippen molar-refractivity contribution in [3.05, 3.63) is 0 Å². The number of carbonyl (C=O) groups is 2. The molecule has 10 nitrogen and oxygen atoms in total. The second kappa shape index (κ2) is 53.2. The lowest BCUT2D eigenvalue weighted by Gasteiger charge is -2.06. The topological polar surface area (TPSA) is 152 Å². The molecule has 0 aliphatic rings. The van der Waals surface area contributed by atoms with Crippen LogP contribution in [0.25, 0.3) is 0 Å². The summed E-state index contributed by atoms with van der Waals surface area (Å²) in [6.45, 7) is 5.50. The summed E-state index contributed by atoms with van der Waals surface area (Å²) in [5, 5.41) is 31.2. The molecule has 0 aromatic rings. The molecule has 0 unspecified atom stereocenters. The average Bonchev–Trinajstić information content (AvgIpc) is 3.09. The van der Waals surface area contributed by atoms with Crippen LogP contribution >= 0.6 is 0 Å². The Morgan fingerprint density at radius 1 is 0.435 bits per heavy atom. The van der Waals surface area contributed by atoms with Crippen molar-refractivity contribution in [1.29, 1.82) is 0 Å². The van der Waals surface area contributed by atoms with Crippen molar-refractivity contribution in [3.8, 4) is 0 Å². The molecule has 280 valence electrons. The minimum absolute atomic E-state index is 0.151. The predicted octanol–water partition coefficient (Wildman–Crippen LogP) is 6.92. The normalized spacial score (nSPS) is 10.1. The van der Waals surface area contributed by atoms with Crippen molar-refractivity contribution in [1.82, 2.24) is 0 Å². The van der Waals surface area contributed by atoms with E-state index in [2.05, 4.69) is 11.7 Å². The average molecular weight is 669 g/mol. The van der Waals surface area contributed by atoms with Crippen LogP contribution in [0.5, 0.6) is 0 Å². The first-order valence-corrected chi connectivity index (χ1v) is 18.1. The molecule has 0 bridgehead atoms. The maximum Gasteiger partial charge on any atom is 0.305 e. The van der Waals surface area contributed by atoms with Crippen LogP contribution in [0, 0.1) is 0 Å². The zero-order valence-electron chi connectivity index (χ0n) is 30.5. The van der Waals surface area contributed by atoms with E-state index in [0.717, 1.165) is 46.5 Å². The first-order chi connectivity index (χ1) is 22.6.